The number of anilines is 1. The van der Waals surface area contributed by atoms with E-state index in [1.807, 2.05) is 191 Å². The van der Waals surface area contributed by atoms with Gasteiger partial charge in [-0.05, 0) is 204 Å². The zero-order valence-electron chi connectivity index (χ0n) is 66.9. The molecule has 4 aliphatic heterocycles. The van der Waals surface area contributed by atoms with Gasteiger partial charge in [0, 0.05) is 161 Å². The number of nitriles is 1. The van der Waals surface area contributed by atoms with Gasteiger partial charge in [-0.1, -0.05) is 168 Å². The molecule has 0 saturated carbocycles. The highest BCUT2D eigenvalue weighted by Crippen LogP contribution is 2.46. The van der Waals surface area contributed by atoms with Crippen molar-refractivity contribution < 1.29 is 46.1 Å². The Labute approximate surface area is 733 Å². The first-order valence-corrected chi connectivity index (χ1v) is 41.7. The van der Waals surface area contributed by atoms with Crippen molar-refractivity contribution in [3.63, 3.8) is 0 Å². The SMILES string of the molecule is CN(C)c1ccc(C(=O)N2CCc3c([nH]c4ccccc34)C2c2ccc(Cl)cc2)cc1.N#Cc1ccc(C(=O)N2CCc3c([nH]c4ccccc34)C2c2ccc(Cl)cc2)cc1.O=C(c1c(F)c(F)c(F)c(F)c1F)N1CCc2c([nH]c3ccccc23)C1c1ccc(Cl)cc1.O=C(c1ccc([N+](=O)[O-])cc1)N1CCc2c([nH]c3ccccc23)C1c1ccc(Cl)cc1. The number of hydrogen-bond donors (Lipinski definition) is 4. The van der Waals surface area contributed by atoms with E-state index in [0.717, 1.165) is 96.6 Å². The molecule has 4 N–H and O–H groups in total. The van der Waals surface area contributed by atoms with Crippen LogP contribution in [0.5, 0.6) is 0 Å². The molecule has 0 radical (unpaired) electrons. The Hall–Kier alpha value is -13.8. The number of fused-ring (bicyclic) bond motifs is 12. The van der Waals surface area contributed by atoms with Crippen LogP contribution in [-0.2, 0) is 25.7 Å². The molecule has 12 aromatic carbocycles. The Morgan fingerprint density at radius 3 is 0.896 bits per heavy atom. The lowest BCUT2D eigenvalue weighted by molar-refractivity contribution is -0.384. The molecule has 0 bridgehead atoms. The zero-order chi connectivity index (χ0) is 87.2. The van der Waals surface area contributed by atoms with Crippen molar-refractivity contribution in [3.05, 3.63) is 421 Å². The summed E-state index contributed by atoms with van der Waals surface area (Å²) in [7, 11) is 3.99. The smallest absolute Gasteiger partial charge is 0.269 e. The Balaban J connectivity index is 0.000000118. The number of non-ortho nitro benzene ring substituents is 1. The van der Waals surface area contributed by atoms with Crippen molar-refractivity contribution in [2.75, 3.05) is 45.2 Å². The fourth-order valence-electron chi connectivity index (χ4n) is 17.6. The van der Waals surface area contributed by atoms with E-state index in [2.05, 4.69) is 62.4 Å². The Kier molecular flexibility index (Phi) is 23.5. The van der Waals surface area contributed by atoms with Crippen LogP contribution in [0.2, 0.25) is 20.1 Å². The van der Waals surface area contributed by atoms with Gasteiger partial charge in [0.2, 0.25) is 5.82 Å². The second-order valence-electron chi connectivity index (χ2n) is 30.9. The third kappa shape index (κ3) is 16.2. The Bertz CT molecular complexity index is 6870. The molecular weight excluding hydrogens is 1680 g/mol. The number of nitrogens with zero attached hydrogens (tertiary/aromatic N) is 7. The van der Waals surface area contributed by atoms with E-state index in [9.17, 15) is 51.2 Å². The molecule has 16 aromatic rings. The number of para-hydroxylation sites is 4. The van der Waals surface area contributed by atoms with Gasteiger partial charge < -0.3 is 44.4 Å². The average molecular weight is 1750 g/mol. The van der Waals surface area contributed by atoms with Crippen LogP contribution < -0.4 is 4.90 Å². The zero-order valence-corrected chi connectivity index (χ0v) is 69.9. The average Bonchev–Trinajstić information content (AvgIpc) is 1.70. The van der Waals surface area contributed by atoms with E-state index >= 15 is 0 Å². The van der Waals surface area contributed by atoms with E-state index < -0.39 is 51.5 Å². The maximum Gasteiger partial charge on any atom is 0.269 e. The minimum Gasteiger partial charge on any atom is -0.378 e. The van der Waals surface area contributed by atoms with Crippen LogP contribution in [0.15, 0.2) is 267 Å². The first-order valence-electron chi connectivity index (χ1n) is 40.2. The number of hydrogen-bond acceptors (Lipinski definition) is 8. The number of nitrogens with one attached hydrogen (secondary N) is 4. The minimum absolute atomic E-state index is 0.000465. The molecule has 4 atom stereocenters. The summed E-state index contributed by atoms with van der Waals surface area (Å²) >= 11 is 24.4. The Morgan fingerprint density at radius 2 is 0.624 bits per heavy atom. The molecule has 0 spiro atoms. The van der Waals surface area contributed by atoms with E-state index in [4.69, 9.17) is 51.7 Å². The number of carbonyl (C=O) groups is 4. The first kappa shape index (κ1) is 83.4. The summed E-state index contributed by atoms with van der Waals surface area (Å²) in [6.45, 7) is 1.82. The molecule has 4 aromatic heterocycles. The fraction of sp³-hybridized carbons (Fsp3) is 0.141. The van der Waals surface area contributed by atoms with Crippen LogP contribution in [0, 0.1) is 50.5 Å². The fourth-order valence-corrected chi connectivity index (χ4v) is 18.1. The number of amides is 4. The molecule has 17 nitrogen and oxygen atoms in total. The summed E-state index contributed by atoms with van der Waals surface area (Å²) in [5.41, 5.74) is 17.8. The van der Waals surface area contributed by atoms with Crippen molar-refractivity contribution in [2.45, 2.75) is 49.9 Å². The third-order valence-electron chi connectivity index (χ3n) is 23.6. The molecule has 20 rings (SSSR count). The molecule has 125 heavy (non-hydrogen) atoms. The van der Waals surface area contributed by atoms with Crippen molar-refractivity contribution >= 4 is 125 Å². The molecule has 4 amide bonds. The van der Waals surface area contributed by atoms with Gasteiger partial charge >= 0.3 is 0 Å². The lowest BCUT2D eigenvalue weighted by Gasteiger charge is -2.36. The van der Waals surface area contributed by atoms with Crippen LogP contribution in [-0.4, -0.2) is 108 Å². The number of halogens is 9. The van der Waals surface area contributed by atoms with E-state index in [1.54, 1.807) is 48.5 Å². The normalized spacial score (nSPS) is 15.7. The van der Waals surface area contributed by atoms with Gasteiger partial charge in [0.25, 0.3) is 29.3 Å². The quantitative estimate of drug-likeness (QED) is 0.0339. The van der Waals surface area contributed by atoms with Gasteiger partial charge in [0.05, 0.1) is 40.7 Å². The highest BCUT2D eigenvalue weighted by atomic mass is 35.5. The topological polar surface area (TPSA) is 215 Å². The lowest BCUT2D eigenvalue weighted by Crippen LogP contribution is -2.41. The first-order chi connectivity index (χ1) is 60.5. The van der Waals surface area contributed by atoms with Gasteiger partial charge in [-0.2, -0.15) is 5.26 Å². The molecule has 0 aliphatic carbocycles. The number of H-pyrrole nitrogens is 4. The summed E-state index contributed by atoms with van der Waals surface area (Å²) in [6.07, 6.45) is 2.66. The lowest BCUT2D eigenvalue weighted by atomic mass is 9.91. The molecule has 624 valence electrons. The summed E-state index contributed by atoms with van der Waals surface area (Å²) < 4.78 is 70.1. The summed E-state index contributed by atoms with van der Waals surface area (Å²) in [6, 6.07) is 82.6. The van der Waals surface area contributed by atoms with E-state index in [-0.39, 0.29) is 48.1 Å². The van der Waals surface area contributed by atoms with Crippen molar-refractivity contribution in [3.8, 4) is 6.07 Å². The largest absolute Gasteiger partial charge is 0.378 e. The number of rotatable bonds is 10. The number of benzene rings is 12. The monoisotopic (exact) mass is 1750 g/mol. The molecule has 4 unspecified atom stereocenters. The van der Waals surface area contributed by atoms with Crippen LogP contribution >= 0.6 is 46.4 Å². The number of aromatic nitrogens is 4. The number of nitro benzene ring substituents is 1. The second-order valence-corrected chi connectivity index (χ2v) is 32.7. The third-order valence-corrected chi connectivity index (χ3v) is 24.6. The van der Waals surface area contributed by atoms with E-state index in [0.29, 0.717) is 79.7 Å². The van der Waals surface area contributed by atoms with Gasteiger partial charge in [-0.3, -0.25) is 29.3 Å². The molecule has 0 saturated heterocycles. The predicted octanol–water partition coefficient (Wildman–Crippen LogP) is 23.0. The maximum atomic E-state index is 14.5. The van der Waals surface area contributed by atoms with Crippen LogP contribution in [0.1, 0.15) is 138 Å². The molecule has 0 fully saturated rings. The number of aromatic amines is 4. The van der Waals surface area contributed by atoms with Gasteiger partial charge in [-0.25, -0.2) is 22.0 Å². The van der Waals surface area contributed by atoms with Crippen molar-refractivity contribution in [2.24, 2.45) is 0 Å². The molecule has 4 aliphatic rings. The van der Waals surface area contributed by atoms with Crippen LogP contribution in [0.25, 0.3) is 43.6 Å². The van der Waals surface area contributed by atoms with Gasteiger partial charge in [-0.15, -0.1) is 0 Å². The summed E-state index contributed by atoms with van der Waals surface area (Å²) in [5, 5.41) is 27.0. The number of nitro groups is 1. The van der Waals surface area contributed by atoms with Gasteiger partial charge in [0.1, 0.15) is 5.56 Å². The maximum absolute atomic E-state index is 14.5. The summed E-state index contributed by atoms with van der Waals surface area (Å²) in [5.74, 6) is -12.4. The second kappa shape index (κ2) is 35.2. The van der Waals surface area contributed by atoms with Crippen LogP contribution in [0.4, 0.5) is 33.3 Å². The molecule has 8 heterocycles. The van der Waals surface area contributed by atoms with Gasteiger partial charge in [0.15, 0.2) is 23.3 Å². The minimum atomic E-state index is -2.31. The molecular formula is C99H74Cl4F5N11O6. The highest BCUT2D eigenvalue weighted by molar-refractivity contribution is 6.31. The van der Waals surface area contributed by atoms with E-state index in [1.165, 1.54) is 57.1 Å². The van der Waals surface area contributed by atoms with Crippen molar-refractivity contribution in [1.29, 1.82) is 5.26 Å². The highest BCUT2D eigenvalue weighted by Gasteiger charge is 2.42. The number of carbonyl (C=O) groups excluding carboxylic acids is 4. The predicted molar refractivity (Wildman–Crippen MR) is 477 cm³/mol. The van der Waals surface area contributed by atoms with Crippen LogP contribution in [0.3, 0.4) is 0 Å². The Morgan fingerprint density at radius 1 is 0.368 bits per heavy atom. The van der Waals surface area contributed by atoms with Crippen molar-refractivity contribution in [1.82, 2.24) is 39.5 Å². The standard InChI is InChI=1S/C26H24ClN3O.C25H18ClN3O.C24H14ClF5N2O.C24H18ClN3O3/c1-29(2)20-13-9-18(10-14-20)26(31)30-16-15-22-21-5-3-4-6-23(21)28-24(22)25(30)17-7-11-19(27)12-8-17;26-19-11-9-17(10-12-19)24-23-21(20-3-1-2-4-22(20)28-23)13-14-29(24)25(30)18-7-5-16(15-27)6-8-18;25-12-7-5-11(6-8-12)23-22-14(13-3-1-2-4-15(13)31-22)9-10-32(23)24(33)16-17(26)19(28)21(30)20(29)18(16)27;25-17-9-5-15(6-10-17)23-22-20(19-3-1-2-4-21(19)26-22)13-14-27(23)24(29)16-7-11-18(12-8-16)28(30)31/h3-14,25,28H,15-16H2,1-2H3;1-12,24,28H,13-14H2;1-8,23,31H,9-10H2;1-12,23,26H,13-14H2. The summed E-state index contributed by atoms with van der Waals surface area (Å²) in [4.78, 5) is 87.2. The molecule has 26 heteroatoms.